The molecule has 134 valence electrons. The van der Waals surface area contributed by atoms with Crippen LogP contribution in [0.15, 0.2) is 66.7 Å². The van der Waals surface area contributed by atoms with Crippen LogP contribution in [-0.4, -0.2) is 14.2 Å². The molecule has 26 heavy (non-hydrogen) atoms. The Bertz CT molecular complexity index is 863. The molecular formula is C22H23NO3. The van der Waals surface area contributed by atoms with Crippen LogP contribution in [0.2, 0.25) is 0 Å². The summed E-state index contributed by atoms with van der Waals surface area (Å²) in [5, 5.41) is 0. The molecule has 0 aromatic heterocycles. The maximum atomic E-state index is 6.14. The van der Waals surface area contributed by atoms with Gasteiger partial charge in [-0.05, 0) is 35.4 Å². The summed E-state index contributed by atoms with van der Waals surface area (Å²) in [6, 6.07) is 21.8. The van der Waals surface area contributed by atoms with Gasteiger partial charge in [0.1, 0.15) is 23.9 Å². The number of benzene rings is 3. The van der Waals surface area contributed by atoms with Gasteiger partial charge in [-0.2, -0.15) is 0 Å². The summed E-state index contributed by atoms with van der Waals surface area (Å²) in [6.07, 6.45) is 0. The molecule has 0 saturated carbocycles. The number of rotatable bonds is 7. The summed E-state index contributed by atoms with van der Waals surface area (Å²) in [7, 11) is 3.31. The van der Waals surface area contributed by atoms with Gasteiger partial charge in [-0.1, -0.05) is 42.5 Å². The van der Waals surface area contributed by atoms with Crippen molar-refractivity contribution in [2.45, 2.75) is 13.2 Å². The predicted molar refractivity (Wildman–Crippen MR) is 104 cm³/mol. The summed E-state index contributed by atoms with van der Waals surface area (Å²) >= 11 is 0. The lowest BCUT2D eigenvalue weighted by Crippen LogP contribution is -2.01. The summed E-state index contributed by atoms with van der Waals surface area (Å²) in [5.41, 5.74) is 9.79. The normalized spacial score (nSPS) is 10.4. The van der Waals surface area contributed by atoms with Crippen molar-refractivity contribution in [3.63, 3.8) is 0 Å². The molecule has 0 saturated heterocycles. The van der Waals surface area contributed by atoms with Crippen molar-refractivity contribution in [2.24, 2.45) is 5.73 Å². The Morgan fingerprint density at radius 3 is 2.23 bits per heavy atom. The Morgan fingerprint density at radius 1 is 0.731 bits per heavy atom. The number of hydrogen-bond donors (Lipinski definition) is 1. The molecule has 0 bridgehead atoms. The molecule has 0 unspecified atom stereocenters. The highest BCUT2D eigenvalue weighted by Gasteiger charge is 2.14. The van der Waals surface area contributed by atoms with Crippen LogP contribution >= 0.6 is 0 Å². The Labute approximate surface area is 154 Å². The summed E-state index contributed by atoms with van der Waals surface area (Å²) in [6.45, 7) is 0.936. The van der Waals surface area contributed by atoms with E-state index in [-0.39, 0.29) is 0 Å². The van der Waals surface area contributed by atoms with Gasteiger partial charge in [-0.3, -0.25) is 0 Å². The van der Waals surface area contributed by atoms with Crippen LogP contribution in [0.1, 0.15) is 11.1 Å². The average molecular weight is 349 g/mol. The van der Waals surface area contributed by atoms with Crippen LogP contribution < -0.4 is 19.9 Å². The summed E-state index contributed by atoms with van der Waals surface area (Å²) in [4.78, 5) is 0. The molecule has 4 heteroatoms. The largest absolute Gasteiger partial charge is 0.497 e. The van der Waals surface area contributed by atoms with Gasteiger partial charge in [-0.15, -0.1) is 0 Å². The molecule has 0 aliphatic carbocycles. The van der Waals surface area contributed by atoms with Crippen LogP contribution in [0.3, 0.4) is 0 Å². The molecule has 2 N–H and O–H groups in total. The number of methoxy groups -OCH3 is 2. The van der Waals surface area contributed by atoms with Crippen LogP contribution in [0.4, 0.5) is 0 Å². The van der Waals surface area contributed by atoms with E-state index in [0.717, 1.165) is 39.5 Å². The highest BCUT2D eigenvalue weighted by atomic mass is 16.5. The monoisotopic (exact) mass is 349 g/mol. The van der Waals surface area contributed by atoms with Crippen molar-refractivity contribution in [1.29, 1.82) is 0 Å². The molecule has 0 fully saturated rings. The van der Waals surface area contributed by atoms with Crippen molar-refractivity contribution < 1.29 is 14.2 Å². The maximum Gasteiger partial charge on any atom is 0.128 e. The van der Waals surface area contributed by atoms with Crippen molar-refractivity contribution in [3.8, 4) is 28.4 Å². The Hall–Kier alpha value is -2.98. The van der Waals surface area contributed by atoms with Gasteiger partial charge in [-0.25, -0.2) is 0 Å². The number of ether oxygens (including phenoxy) is 3. The third kappa shape index (κ3) is 3.98. The van der Waals surface area contributed by atoms with E-state index in [1.165, 1.54) is 0 Å². The third-order valence-corrected chi connectivity index (χ3v) is 4.22. The van der Waals surface area contributed by atoms with E-state index < -0.39 is 0 Å². The first-order valence-electron chi connectivity index (χ1n) is 8.47. The first kappa shape index (κ1) is 17.8. The van der Waals surface area contributed by atoms with Crippen LogP contribution in [0, 0.1) is 0 Å². The van der Waals surface area contributed by atoms with Crippen molar-refractivity contribution in [1.82, 2.24) is 0 Å². The Morgan fingerprint density at radius 2 is 1.54 bits per heavy atom. The van der Waals surface area contributed by atoms with Gasteiger partial charge in [0.2, 0.25) is 0 Å². The van der Waals surface area contributed by atoms with Crippen molar-refractivity contribution in [2.75, 3.05) is 14.2 Å². The van der Waals surface area contributed by atoms with Crippen molar-refractivity contribution >= 4 is 0 Å². The third-order valence-electron chi connectivity index (χ3n) is 4.22. The van der Waals surface area contributed by atoms with E-state index in [0.29, 0.717) is 13.2 Å². The second-order valence-corrected chi connectivity index (χ2v) is 5.88. The smallest absolute Gasteiger partial charge is 0.128 e. The lowest BCUT2D eigenvalue weighted by molar-refractivity contribution is 0.307. The minimum Gasteiger partial charge on any atom is -0.497 e. The van der Waals surface area contributed by atoms with E-state index >= 15 is 0 Å². The van der Waals surface area contributed by atoms with E-state index in [1.54, 1.807) is 14.2 Å². The molecule has 3 rings (SSSR count). The number of nitrogens with two attached hydrogens (primary N) is 1. The van der Waals surface area contributed by atoms with Gasteiger partial charge < -0.3 is 19.9 Å². The fourth-order valence-corrected chi connectivity index (χ4v) is 2.80. The molecule has 0 spiro atoms. The molecule has 0 heterocycles. The first-order chi connectivity index (χ1) is 12.7. The van der Waals surface area contributed by atoms with Gasteiger partial charge in [0.15, 0.2) is 0 Å². The lowest BCUT2D eigenvalue weighted by atomic mass is 10.0. The highest BCUT2D eigenvalue weighted by molar-refractivity contribution is 5.77. The second-order valence-electron chi connectivity index (χ2n) is 5.88. The average Bonchev–Trinajstić information content (AvgIpc) is 2.72. The molecule has 0 aliphatic heterocycles. The van der Waals surface area contributed by atoms with Gasteiger partial charge >= 0.3 is 0 Å². The Balaban J connectivity index is 2.01. The summed E-state index contributed by atoms with van der Waals surface area (Å²) in [5.74, 6) is 2.29. The fourth-order valence-electron chi connectivity index (χ4n) is 2.80. The first-order valence-corrected chi connectivity index (χ1v) is 8.47. The molecular weight excluding hydrogens is 326 g/mol. The zero-order chi connectivity index (χ0) is 18.4. The quantitative estimate of drug-likeness (QED) is 0.686. The minimum atomic E-state index is 0.456. The molecule has 0 aliphatic rings. The molecule has 3 aromatic carbocycles. The minimum absolute atomic E-state index is 0.456. The molecule has 0 radical (unpaired) electrons. The Kier molecular flexibility index (Phi) is 5.77. The maximum absolute atomic E-state index is 6.14. The molecule has 0 amide bonds. The zero-order valence-electron chi connectivity index (χ0n) is 15.1. The SMILES string of the molecule is COc1ccc(OC)c(-c2ccc(CN)cc2OCc2ccccc2)c1. The number of hydrogen-bond acceptors (Lipinski definition) is 4. The summed E-state index contributed by atoms with van der Waals surface area (Å²) < 4.78 is 17.1. The van der Waals surface area contributed by atoms with E-state index in [4.69, 9.17) is 19.9 Å². The van der Waals surface area contributed by atoms with Crippen molar-refractivity contribution in [3.05, 3.63) is 77.9 Å². The van der Waals surface area contributed by atoms with Crippen LogP contribution in [0.25, 0.3) is 11.1 Å². The molecule has 3 aromatic rings. The van der Waals surface area contributed by atoms with Crippen LogP contribution in [0.5, 0.6) is 17.2 Å². The van der Waals surface area contributed by atoms with E-state index in [2.05, 4.69) is 0 Å². The zero-order valence-corrected chi connectivity index (χ0v) is 15.1. The van der Waals surface area contributed by atoms with Gasteiger partial charge in [0.25, 0.3) is 0 Å². The van der Waals surface area contributed by atoms with E-state index in [9.17, 15) is 0 Å². The topological polar surface area (TPSA) is 53.7 Å². The standard InChI is InChI=1S/C22H23NO3/c1-24-18-9-11-21(25-2)20(13-18)19-10-8-17(14-23)12-22(19)26-15-16-6-4-3-5-7-16/h3-13H,14-15,23H2,1-2H3. The predicted octanol–water partition coefficient (Wildman–Crippen LogP) is 4.41. The van der Waals surface area contributed by atoms with Crippen LogP contribution in [-0.2, 0) is 13.2 Å². The molecule has 0 atom stereocenters. The molecule has 4 nitrogen and oxygen atoms in total. The fraction of sp³-hybridized carbons (Fsp3) is 0.182. The van der Waals surface area contributed by atoms with Gasteiger partial charge in [0.05, 0.1) is 14.2 Å². The lowest BCUT2D eigenvalue weighted by Gasteiger charge is -2.16. The second kappa shape index (κ2) is 8.41. The highest BCUT2D eigenvalue weighted by Crippen LogP contribution is 2.39. The van der Waals surface area contributed by atoms with E-state index in [1.807, 2.05) is 66.7 Å². The van der Waals surface area contributed by atoms with Gasteiger partial charge in [0, 0.05) is 17.7 Å².